The lowest BCUT2D eigenvalue weighted by atomic mass is 10.3. The molecule has 0 amide bonds. The van der Waals surface area contributed by atoms with Gasteiger partial charge in [-0.15, -0.1) is 10.2 Å². The van der Waals surface area contributed by atoms with E-state index in [4.69, 9.17) is 5.73 Å². The van der Waals surface area contributed by atoms with E-state index < -0.39 is 21.9 Å². The molecule has 1 heterocycles. The number of halogens is 1. The van der Waals surface area contributed by atoms with Crippen LogP contribution in [0.5, 0.6) is 0 Å². The van der Waals surface area contributed by atoms with Gasteiger partial charge in [0.25, 0.3) is 0 Å². The lowest BCUT2D eigenvalue weighted by Crippen LogP contribution is -2.29. The van der Waals surface area contributed by atoms with Crippen molar-refractivity contribution in [3.05, 3.63) is 36.2 Å². The molecular formula is C11H14FN5O2S. The molecule has 0 saturated carbocycles. The lowest BCUT2D eigenvalue weighted by molar-refractivity contribution is 0.551. The second-order valence-electron chi connectivity index (χ2n) is 4.33. The first-order valence-corrected chi connectivity index (χ1v) is 7.21. The summed E-state index contributed by atoms with van der Waals surface area (Å²) in [6.07, 6.45) is 1.46. The maximum absolute atomic E-state index is 13.2. The molecule has 1 atom stereocenters. The average molecular weight is 299 g/mol. The minimum atomic E-state index is -3.95. The number of anilines is 1. The van der Waals surface area contributed by atoms with Crippen LogP contribution in [0, 0.1) is 5.82 Å². The number of nitrogens with two attached hydrogens (primary N) is 1. The summed E-state index contributed by atoms with van der Waals surface area (Å²) in [7, 11) is -2.26. The van der Waals surface area contributed by atoms with Gasteiger partial charge in [0.05, 0.1) is 11.7 Å². The highest BCUT2D eigenvalue weighted by Crippen LogP contribution is 2.21. The van der Waals surface area contributed by atoms with Gasteiger partial charge < -0.3 is 10.3 Å². The summed E-state index contributed by atoms with van der Waals surface area (Å²) in [4.78, 5) is -0.300. The van der Waals surface area contributed by atoms with Crippen LogP contribution in [0.15, 0.2) is 29.4 Å². The monoisotopic (exact) mass is 299 g/mol. The first-order valence-electron chi connectivity index (χ1n) is 5.72. The Balaban J connectivity index is 2.32. The first kappa shape index (κ1) is 14.4. The van der Waals surface area contributed by atoms with Crippen molar-refractivity contribution in [2.45, 2.75) is 17.9 Å². The summed E-state index contributed by atoms with van der Waals surface area (Å²) in [5.41, 5.74) is 5.56. The molecule has 9 heteroatoms. The van der Waals surface area contributed by atoms with Crippen molar-refractivity contribution >= 4 is 15.7 Å². The molecule has 0 saturated heterocycles. The van der Waals surface area contributed by atoms with Gasteiger partial charge >= 0.3 is 0 Å². The van der Waals surface area contributed by atoms with Crippen LogP contribution >= 0.6 is 0 Å². The number of benzene rings is 1. The van der Waals surface area contributed by atoms with Gasteiger partial charge in [-0.25, -0.2) is 17.5 Å². The van der Waals surface area contributed by atoms with Crippen LogP contribution in [0.4, 0.5) is 10.1 Å². The molecule has 2 aromatic rings. The van der Waals surface area contributed by atoms with Crippen LogP contribution in [0.2, 0.25) is 0 Å². The number of rotatable bonds is 4. The summed E-state index contributed by atoms with van der Waals surface area (Å²) in [6, 6.07) is 2.55. The molecule has 0 bridgehead atoms. The number of hydrogen-bond acceptors (Lipinski definition) is 5. The predicted octanol–water partition coefficient (Wildman–Crippen LogP) is 0.576. The predicted molar refractivity (Wildman–Crippen MR) is 70.6 cm³/mol. The maximum atomic E-state index is 13.2. The van der Waals surface area contributed by atoms with E-state index in [1.807, 2.05) is 0 Å². The van der Waals surface area contributed by atoms with Crippen molar-refractivity contribution in [1.29, 1.82) is 0 Å². The Kier molecular flexibility index (Phi) is 3.73. The Morgan fingerprint density at radius 3 is 2.75 bits per heavy atom. The number of nitrogens with zero attached hydrogens (tertiary/aromatic N) is 3. The van der Waals surface area contributed by atoms with Gasteiger partial charge in [-0.3, -0.25) is 0 Å². The Hall–Kier alpha value is -2.00. The highest BCUT2D eigenvalue weighted by molar-refractivity contribution is 7.89. The van der Waals surface area contributed by atoms with Crippen molar-refractivity contribution in [3.8, 4) is 0 Å². The average Bonchev–Trinajstić information content (AvgIpc) is 2.78. The van der Waals surface area contributed by atoms with Crippen LogP contribution in [0.3, 0.4) is 0 Å². The zero-order valence-corrected chi connectivity index (χ0v) is 11.7. The molecule has 108 valence electrons. The number of nitrogens with one attached hydrogen (secondary N) is 1. The Morgan fingerprint density at radius 2 is 2.15 bits per heavy atom. The molecule has 0 radical (unpaired) electrons. The summed E-state index contributed by atoms with van der Waals surface area (Å²) >= 11 is 0. The third kappa shape index (κ3) is 2.78. The van der Waals surface area contributed by atoms with Gasteiger partial charge in [0.2, 0.25) is 10.0 Å². The zero-order valence-electron chi connectivity index (χ0n) is 10.9. The second kappa shape index (κ2) is 5.17. The van der Waals surface area contributed by atoms with Crippen LogP contribution in [-0.2, 0) is 17.1 Å². The van der Waals surface area contributed by atoms with Gasteiger partial charge in [0.1, 0.15) is 22.9 Å². The lowest BCUT2D eigenvalue weighted by Gasteiger charge is -2.14. The summed E-state index contributed by atoms with van der Waals surface area (Å²) in [6.45, 7) is 1.61. The SMILES string of the molecule is CC(NS(=O)(=O)c1cc(F)ccc1N)c1nncn1C. The molecule has 1 aromatic heterocycles. The van der Waals surface area contributed by atoms with Crippen molar-refractivity contribution in [3.63, 3.8) is 0 Å². The van der Waals surface area contributed by atoms with E-state index in [2.05, 4.69) is 14.9 Å². The van der Waals surface area contributed by atoms with Crippen LogP contribution in [0.25, 0.3) is 0 Å². The largest absolute Gasteiger partial charge is 0.398 e. The van der Waals surface area contributed by atoms with Crippen LogP contribution < -0.4 is 10.5 Å². The molecule has 0 spiro atoms. The van der Waals surface area contributed by atoms with E-state index in [0.29, 0.717) is 5.82 Å². The zero-order chi connectivity index (χ0) is 14.9. The molecule has 20 heavy (non-hydrogen) atoms. The molecular weight excluding hydrogens is 285 g/mol. The highest BCUT2D eigenvalue weighted by Gasteiger charge is 2.23. The number of aryl methyl sites for hydroxylation is 1. The molecule has 0 aliphatic rings. The second-order valence-corrected chi connectivity index (χ2v) is 6.01. The minimum absolute atomic E-state index is 0.0240. The molecule has 0 fully saturated rings. The smallest absolute Gasteiger partial charge is 0.243 e. The van der Waals surface area contributed by atoms with Crippen molar-refractivity contribution in [1.82, 2.24) is 19.5 Å². The van der Waals surface area contributed by atoms with Gasteiger partial charge in [-0.1, -0.05) is 0 Å². The van der Waals surface area contributed by atoms with E-state index in [-0.39, 0.29) is 10.6 Å². The number of nitrogen functional groups attached to an aromatic ring is 1. The third-order valence-corrected chi connectivity index (χ3v) is 4.33. The summed E-state index contributed by atoms with van der Waals surface area (Å²) in [5, 5.41) is 7.48. The Bertz CT molecular complexity index is 728. The van der Waals surface area contributed by atoms with Gasteiger partial charge in [0, 0.05) is 7.05 Å². The molecule has 1 aromatic carbocycles. The molecule has 0 aliphatic heterocycles. The van der Waals surface area contributed by atoms with Gasteiger partial charge in [0.15, 0.2) is 0 Å². The first-order chi connectivity index (χ1) is 9.31. The Morgan fingerprint density at radius 1 is 1.45 bits per heavy atom. The normalized spacial score (nSPS) is 13.3. The summed E-state index contributed by atoms with van der Waals surface area (Å²) in [5.74, 6) is -0.241. The molecule has 0 aliphatic carbocycles. The van der Waals surface area contributed by atoms with E-state index in [1.54, 1.807) is 18.5 Å². The molecule has 2 rings (SSSR count). The van der Waals surface area contributed by atoms with Crippen molar-refractivity contribution in [2.24, 2.45) is 7.05 Å². The topological polar surface area (TPSA) is 103 Å². The van der Waals surface area contributed by atoms with E-state index in [0.717, 1.165) is 12.1 Å². The maximum Gasteiger partial charge on any atom is 0.243 e. The fourth-order valence-electron chi connectivity index (χ4n) is 1.77. The van der Waals surface area contributed by atoms with Crippen LogP contribution in [-0.4, -0.2) is 23.2 Å². The Labute approximate surface area is 115 Å². The van der Waals surface area contributed by atoms with Gasteiger partial charge in [-0.05, 0) is 25.1 Å². The highest BCUT2D eigenvalue weighted by atomic mass is 32.2. The van der Waals surface area contributed by atoms with Gasteiger partial charge in [-0.2, -0.15) is 0 Å². The van der Waals surface area contributed by atoms with E-state index >= 15 is 0 Å². The molecule has 1 unspecified atom stereocenters. The standard InChI is InChI=1S/C11H14FN5O2S/c1-7(11-15-14-6-17(11)2)16-20(18,19)10-5-8(12)3-4-9(10)13/h3-7,16H,13H2,1-2H3. The molecule has 3 N–H and O–H groups in total. The summed E-state index contributed by atoms with van der Waals surface area (Å²) < 4.78 is 41.6. The quantitative estimate of drug-likeness (QED) is 0.804. The van der Waals surface area contributed by atoms with E-state index in [9.17, 15) is 12.8 Å². The fraction of sp³-hybridized carbons (Fsp3) is 0.273. The number of sulfonamides is 1. The fourth-order valence-corrected chi connectivity index (χ4v) is 3.12. The van der Waals surface area contributed by atoms with E-state index in [1.165, 1.54) is 12.4 Å². The van der Waals surface area contributed by atoms with Crippen LogP contribution in [0.1, 0.15) is 18.8 Å². The number of hydrogen-bond donors (Lipinski definition) is 2. The third-order valence-electron chi connectivity index (χ3n) is 2.73. The van der Waals surface area contributed by atoms with Crippen molar-refractivity contribution < 1.29 is 12.8 Å². The molecule has 7 nitrogen and oxygen atoms in total. The number of aromatic nitrogens is 3. The minimum Gasteiger partial charge on any atom is -0.398 e. The van der Waals surface area contributed by atoms with Crippen molar-refractivity contribution in [2.75, 3.05) is 5.73 Å².